The number of benzene rings is 1. The van der Waals surface area contributed by atoms with Crippen molar-refractivity contribution in [2.24, 2.45) is 0 Å². The van der Waals surface area contributed by atoms with E-state index in [1.54, 1.807) is 0 Å². The number of para-hydroxylation sites is 1. The van der Waals surface area contributed by atoms with E-state index < -0.39 is 0 Å². The largest absolute Gasteiger partial charge is 0.395 e. The van der Waals surface area contributed by atoms with Crippen LogP contribution in [0.5, 0.6) is 0 Å². The van der Waals surface area contributed by atoms with Crippen LogP contribution in [0.3, 0.4) is 0 Å². The maximum atomic E-state index is 9.46. The maximum absolute atomic E-state index is 9.46. The highest BCUT2D eigenvalue weighted by molar-refractivity contribution is 5.56. The van der Waals surface area contributed by atoms with E-state index in [1.165, 1.54) is 24.1 Å². The minimum atomic E-state index is 0.219. The van der Waals surface area contributed by atoms with Gasteiger partial charge >= 0.3 is 0 Å². The molecule has 2 rings (SSSR count). The predicted molar refractivity (Wildman–Crippen MR) is 85.4 cm³/mol. The molecule has 0 saturated heterocycles. The lowest BCUT2D eigenvalue weighted by atomic mass is 9.96. The molecule has 0 fully saturated rings. The molecule has 112 valence electrons. The molecule has 0 spiro atoms. The SMILES string of the molecule is CCCNC(CO)CCN1c2ccccc2CCC1C. The fraction of sp³-hybridized carbons (Fsp3) is 0.647. The lowest BCUT2D eigenvalue weighted by molar-refractivity contribution is 0.236. The number of nitrogens with one attached hydrogen (secondary N) is 1. The molecular formula is C17H28N2O. The van der Waals surface area contributed by atoms with Gasteiger partial charge in [-0.1, -0.05) is 25.1 Å². The number of hydrogen-bond acceptors (Lipinski definition) is 3. The molecule has 0 radical (unpaired) electrons. The van der Waals surface area contributed by atoms with Gasteiger partial charge in [-0.15, -0.1) is 0 Å². The van der Waals surface area contributed by atoms with E-state index in [0.29, 0.717) is 6.04 Å². The molecule has 0 amide bonds. The summed E-state index contributed by atoms with van der Waals surface area (Å²) in [5.41, 5.74) is 2.85. The number of aryl methyl sites for hydroxylation is 1. The van der Waals surface area contributed by atoms with Gasteiger partial charge in [-0.2, -0.15) is 0 Å². The first-order valence-corrected chi connectivity index (χ1v) is 7.95. The van der Waals surface area contributed by atoms with E-state index in [4.69, 9.17) is 0 Å². The smallest absolute Gasteiger partial charge is 0.0585 e. The third kappa shape index (κ3) is 3.74. The van der Waals surface area contributed by atoms with Crippen LogP contribution in [0.4, 0.5) is 5.69 Å². The van der Waals surface area contributed by atoms with Gasteiger partial charge in [0.2, 0.25) is 0 Å². The molecule has 2 N–H and O–H groups in total. The Bertz CT molecular complexity index is 408. The molecule has 1 aliphatic heterocycles. The number of aliphatic hydroxyl groups is 1. The second-order valence-electron chi connectivity index (χ2n) is 5.83. The fourth-order valence-electron chi connectivity index (χ4n) is 3.00. The average Bonchev–Trinajstić information content (AvgIpc) is 2.49. The van der Waals surface area contributed by atoms with Crippen LogP contribution in [0, 0.1) is 0 Å². The Kier molecular flexibility index (Phi) is 5.86. The molecule has 2 unspecified atom stereocenters. The van der Waals surface area contributed by atoms with Crippen molar-refractivity contribution >= 4 is 5.69 Å². The average molecular weight is 276 g/mol. The Morgan fingerprint density at radius 1 is 1.40 bits per heavy atom. The van der Waals surface area contributed by atoms with Gasteiger partial charge in [0.1, 0.15) is 0 Å². The van der Waals surface area contributed by atoms with Crippen molar-refractivity contribution in [3.8, 4) is 0 Å². The summed E-state index contributed by atoms with van der Waals surface area (Å²) in [5.74, 6) is 0. The van der Waals surface area contributed by atoms with Gasteiger partial charge in [0.05, 0.1) is 6.61 Å². The van der Waals surface area contributed by atoms with Gasteiger partial charge in [0.25, 0.3) is 0 Å². The van der Waals surface area contributed by atoms with Crippen molar-refractivity contribution < 1.29 is 5.11 Å². The van der Waals surface area contributed by atoms with E-state index in [-0.39, 0.29) is 12.6 Å². The zero-order valence-corrected chi connectivity index (χ0v) is 12.8. The van der Waals surface area contributed by atoms with E-state index in [9.17, 15) is 5.11 Å². The summed E-state index contributed by atoms with van der Waals surface area (Å²) in [4.78, 5) is 2.51. The van der Waals surface area contributed by atoms with Crippen molar-refractivity contribution in [1.29, 1.82) is 0 Å². The predicted octanol–water partition coefficient (Wildman–Crippen LogP) is 2.58. The van der Waals surface area contributed by atoms with E-state index in [1.807, 2.05) is 0 Å². The van der Waals surface area contributed by atoms with E-state index >= 15 is 0 Å². The highest BCUT2D eigenvalue weighted by Gasteiger charge is 2.23. The van der Waals surface area contributed by atoms with Crippen molar-refractivity contribution in [1.82, 2.24) is 5.32 Å². The number of rotatable bonds is 7. The van der Waals surface area contributed by atoms with Crippen molar-refractivity contribution in [2.45, 2.75) is 51.6 Å². The molecule has 0 bridgehead atoms. The van der Waals surface area contributed by atoms with Gasteiger partial charge in [0.15, 0.2) is 0 Å². The fourth-order valence-corrected chi connectivity index (χ4v) is 3.00. The minimum absolute atomic E-state index is 0.219. The molecule has 2 atom stereocenters. The van der Waals surface area contributed by atoms with E-state index in [0.717, 1.165) is 25.9 Å². The topological polar surface area (TPSA) is 35.5 Å². The summed E-state index contributed by atoms with van der Waals surface area (Å²) >= 11 is 0. The zero-order chi connectivity index (χ0) is 14.4. The molecule has 0 saturated carbocycles. The normalized spacial score (nSPS) is 19.8. The first kappa shape index (κ1) is 15.3. The molecule has 1 aromatic carbocycles. The van der Waals surface area contributed by atoms with Gasteiger partial charge in [-0.3, -0.25) is 0 Å². The summed E-state index contributed by atoms with van der Waals surface area (Å²) in [7, 11) is 0. The van der Waals surface area contributed by atoms with Crippen molar-refractivity contribution in [3.63, 3.8) is 0 Å². The Hall–Kier alpha value is -1.06. The molecule has 20 heavy (non-hydrogen) atoms. The molecule has 3 nitrogen and oxygen atoms in total. The van der Waals surface area contributed by atoms with Crippen LogP contribution in [0.2, 0.25) is 0 Å². The summed E-state index contributed by atoms with van der Waals surface area (Å²) in [6.07, 6.45) is 4.52. The van der Waals surface area contributed by atoms with E-state index in [2.05, 4.69) is 48.3 Å². The number of hydrogen-bond donors (Lipinski definition) is 2. The van der Waals surface area contributed by atoms with Crippen LogP contribution in [0.1, 0.15) is 38.7 Å². The Balaban J connectivity index is 1.97. The van der Waals surface area contributed by atoms with Gasteiger partial charge < -0.3 is 15.3 Å². The van der Waals surface area contributed by atoms with Crippen molar-refractivity contribution in [3.05, 3.63) is 29.8 Å². The quantitative estimate of drug-likeness (QED) is 0.803. The van der Waals surface area contributed by atoms with Crippen molar-refractivity contribution in [2.75, 3.05) is 24.6 Å². The number of nitrogens with zero attached hydrogens (tertiary/aromatic N) is 1. The zero-order valence-electron chi connectivity index (χ0n) is 12.8. The first-order valence-electron chi connectivity index (χ1n) is 7.95. The molecular weight excluding hydrogens is 248 g/mol. The molecule has 1 heterocycles. The molecule has 0 aromatic heterocycles. The van der Waals surface area contributed by atoms with Crippen LogP contribution >= 0.6 is 0 Å². The van der Waals surface area contributed by atoms with Crippen LogP contribution in [-0.2, 0) is 6.42 Å². The Morgan fingerprint density at radius 3 is 2.95 bits per heavy atom. The van der Waals surface area contributed by atoms with Gasteiger partial charge in [0, 0.05) is 24.3 Å². The minimum Gasteiger partial charge on any atom is -0.395 e. The number of fused-ring (bicyclic) bond motifs is 1. The highest BCUT2D eigenvalue weighted by atomic mass is 16.3. The second kappa shape index (κ2) is 7.65. The molecule has 1 aromatic rings. The van der Waals surface area contributed by atoms with Crippen LogP contribution < -0.4 is 10.2 Å². The second-order valence-corrected chi connectivity index (χ2v) is 5.83. The Morgan fingerprint density at radius 2 is 2.20 bits per heavy atom. The van der Waals surface area contributed by atoms with Gasteiger partial charge in [-0.25, -0.2) is 0 Å². The third-order valence-electron chi connectivity index (χ3n) is 4.29. The van der Waals surface area contributed by atoms with Crippen LogP contribution in [0.15, 0.2) is 24.3 Å². The molecule has 3 heteroatoms. The third-order valence-corrected chi connectivity index (χ3v) is 4.29. The first-order chi connectivity index (χ1) is 9.76. The summed E-state index contributed by atoms with van der Waals surface area (Å²) in [5, 5.41) is 12.9. The summed E-state index contributed by atoms with van der Waals surface area (Å²) in [6, 6.07) is 9.55. The standard InChI is InChI=1S/C17H28N2O/c1-3-11-18-16(13-20)10-12-19-14(2)8-9-15-6-4-5-7-17(15)19/h4-7,14,16,18,20H,3,8-13H2,1-2H3. The lowest BCUT2D eigenvalue weighted by Gasteiger charge is -2.38. The number of anilines is 1. The molecule has 1 aliphatic rings. The Labute approximate surface area is 123 Å². The maximum Gasteiger partial charge on any atom is 0.0585 e. The number of aliphatic hydroxyl groups excluding tert-OH is 1. The summed E-state index contributed by atoms with van der Waals surface area (Å²) < 4.78 is 0. The summed E-state index contributed by atoms with van der Waals surface area (Å²) in [6.45, 7) is 6.69. The van der Waals surface area contributed by atoms with Gasteiger partial charge in [-0.05, 0) is 50.8 Å². The van der Waals surface area contributed by atoms with Crippen LogP contribution in [0.25, 0.3) is 0 Å². The monoisotopic (exact) mass is 276 g/mol. The highest BCUT2D eigenvalue weighted by Crippen LogP contribution is 2.30. The van der Waals surface area contributed by atoms with Crippen LogP contribution in [-0.4, -0.2) is 36.9 Å². The molecule has 0 aliphatic carbocycles. The lowest BCUT2D eigenvalue weighted by Crippen LogP contribution is -2.42.